The van der Waals surface area contributed by atoms with Gasteiger partial charge in [0.2, 0.25) is 0 Å². The third kappa shape index (κ3) is 2.16. The lowest BCUT2D eigenvalue weighted by Gasteiger charge is -2.26. The number of fused-ring (bicyclic) bond motifs is 1. The van der Waals surface area contributed by atoms with Crippen molar-refractivity contribution in [1.29, 1.82) is 5.26 Å². The van der Waals surface area contributed by atoms with Gasteiger partial charge in [-0.05, 0) is 25.8 Å². The number of aromatic nitrogens is 2. The maximum Gasteiger partial charge on any atom is 0.158 e. The van der Waals surface area contributed by atoms with Crippen LogP contribution in [0.5, 0.6) is 0 Å². The molecule has 1 unspecified atom stereocenters. The first-order chi connectivity index (χ1) is 8.86. The van der Waals surface area contributed by atoms with E-state index < -0.39 is 0 Å². The lowest BCUT2D eigenvalue weighted by molar-refractivity contribution is 0.273. The van der Waals surface area contributed by atoms with E-state index in [0.717, 1.165) is 18.9 Å². The van der Waals surface area contributed by atoms with Crippen molar-refractivity contribution in [3.8, 4) is 6.07 Å². The van der Waals surface area contributed by atoms with Crippen LogP contribution in [0, 0.1) is 11.3 Å². The first kappa shape index (κ1) is 11.4. The van der Waals surface area contributed by atoms with Crippen LogP contribution in [0.1, 0.15) is 25.0 Å². The minimum atomic E-state index is 0.385. The average Bonchev–Trinajstić information content (AvgIpc) is 2.76. The zero-order valence-corrected chi connectivity index (χ0v) is 10.4. The molecule has 18 heavy (non-hydrogen) atoms. The zero-order chi connectivity index (χ0) is 12.4. The number of nitrogens with zero attached hydrogens (tertiary/aromatic N) is 5. The highest BCUT2D eigenvalue weighted by Crippen LogP contribution is 2.23. The van der Waals surface area contributed by atoms with Crippen molar-refractivity contribution >= 4 is 5.82 Å². The standard InChI is InChI=1S/C13H17N5/c14-7-11-8-16-13(9-15-11)18-6-2-5-17-4-1-3-12(17)10-18/h8-9,12H,1-6,10H2. The molecule has 2 aliphatic rings. The van der Waals surface area contributed by atoms with E-state index in [9.17, 15) is 0 Å². The number of nitriles is 1. The first-order valence-electron chi connectivity index (χ1n) is 6.58. The van der Waals surface area contributed by atoms with Crippen molar-refractivity contribution < 1.29 is 0 Å². The van der Waals surface area contributed by atoms with Crippen LogP contribution in [0.25, 0.3) is 0 Å². The minimum absolute atomic E-state index is 0.385. The van der Waals surface area contributed by atoms with Crippen molar-refractivity contribution in [3.63, 3.8) is 0 Å². The van der Waals surface area contributed by atoms with Crippen molar-refractivity contribution in [1.82, 2.24) is 14.9 Å². The molecule has 0 amide bonds. The molecule has 0 spiro atoms. The van der Waals surface area contributed by atoms with Crippen LogP contribution < -0.4 is 4.90 Å². The normalized spacial score (nSPS) is 24.4. The Bertz CT molecular complexity index is 449. The van der Waals surface area contributed by atoms with Crippen molar-refractivity contribution in [2.45, 2.75) is 25.3 Å². The van der Waals surface area contributed by atoms with Crippen LogP contribution in [-0.4, -0.2) is 47.1 Å². The quantitative estimate of drug-likeness (QED) is 0.737. The summed E-state index contributed by atoms with van der Waals surface area (Å²) in [5.41, 5.74) is 0.385. The van der Waals surface area contributed by atoms with Crippen LogP contribution in [0.2, 0.25) is 0 Å². The van der Waals surface area contributed by atoms with Crippen LogP contribution in [0.15, 0.2) is 12.4 Å². The average molecular weight is 243 g/mol. The molecule has 0 saturated carbocycles. The Labute approximate surface area is 107 Å². The molecule has 94 valence electrons. The summed E-state index contributed by atoms with van der Waals surface area (Å²) in [7, 11) is 0. The number of hydrogen-bond acceptors (Lipinski definition) is 5. The molecule has 3 rings (SSSR count). The second-order valence-corrected chi connectivity index (χ2v) is 5.00. The molecule has 1 atom stereocenters. The molecule has 2 fully saturated rings. The molecule has 0 aliphatic carbocycles. The Hall–Kier alpha value is -1.67. The highest BCUT2D eigenvalue weighted by Gasteiger charge is 2.29. The summed E-state index contributed by atoms with van der Waals surface area (Å²) < 4.78 is 0. The molecule has 0 bridgehead atoms. The molecule has 2 saturated heterocycles. The summed E-state index contributed by atoms with van der Waals surface area (Å²) >= 11 is 0. The molecule has 0 N–H and O–H groups in total. The van der Waals surface area contributed by atoms with Crippen LogP contribution >= 0.6 is 0 Å². The molecule has 5 nitrogen and oxygen atoms in total. The third-order valence-electron chi connectivity index (χ3n) is 3.88. The van der Waals surface area contributed by atoms with Gasteiger partial charge in [-0.2, -0.15) is 5.26 Å². The summed E-state index contributed by atoms with van der Waals surface area (Å²) in [5, 5.41) is 8.73. The second kappa shape index (κ2) is 4.91. The number of anilines is 1. The van der Waals surface area contributed by atoms with Gasteiger partial charge in [-0.3, -0.25) is 4.90 Å². The van der Waals surface area contributed by atoms with Gasteiger partial charge >= 0.3 is 0 Å². The fraction of sp³-hybridized carbons (Fsp3) is 0.615. The Morgan fingerprint density at radius 2 is 2.06 bits per heavy atom. The lowest BCUT2D eigenvalue weighted by Crippen LogP contribution is -2.37. The monoisotopic (exact) mass is 243 g/mol. The maximum atomic E-state index is 8.73. The molecule has 2 aliphatic heterocycles. The predicted molar refractivity (Wildman–Crippen MR) is 68.2 cm³/mol. The fourth-order valence-corrected chi connectivity index (χ4v) is 2.96. The van der Waals surface area contributed by atoms with E-state index in [1.807, 2.05) is 6.07 Å². The van der Waals surface area contributed by atoms with Crippen molar-refractivity contribution in [3.05, 3.63) is 18.1 Å². The van der Waals surface area contributed by atoms with Gasteiger partial charge in [-0.1, -0.05) is 0 Å². The van der Waals surface area contributed by atoms with Crippen molar-refractivity contribution in [2.24, 2.45) is 0 Å². The molecule has 0 aromatic carbocycles. The predicted octanol–water partition coefficient (Wildman–Crippen LogP) is 1.02. The highest BCUT2D eigenvalue weighted by molar-refractivity contribution is 5.37. The van der Waals surface area contributed by atoms with E-state index >= 15 is 0 Å². The van der Waals surface area contributed by atoms with E-state index in [0.29, 0.717) is 11.7 Å². The largest absolute Gasteiger partial charge is 0.354 e. The number of rotatable bonds is 1. The molecular weight excluding hydrogens is 226 g/mol. The van der Waals surface area contributed by atoms with Crippen molar-refractivity contribution in [2.75, 3.05) is 31.1 Å². The summed E-state index contributed by atoms with van der Waals surface area (Å²) in [4.78, 5) is 13.4. The van der Waals surface area contributed by atoms with Gasteiger partial charge < -0.3 is 4.90 Å². The van der Waals surface area contributed by atoms with Gasteiger partial charge in [-0.25, -0.2) is 9.97 Å². The van der Waals surface area contributed by atoms with Gasteiger partial charge in [0.25, 0.3) is 0 Å². The lowest BCUT2D eigenvalue weighted by atomic mass is 10.2. The van der Waals surface area contributed by atoms with Gasteiger partial charge in [0.1, 0.15) is 11.9 Å². The topological polar surface area (TPSA) is 56.1 Å². The van der Waals surface area contributed by atoms with E-state index in [2.05, 4.69) is 19.8 Å². The Kier molecular flexibility index (Phi) is 3.11. The Morgan fingerprint density at radius 1 is 1.17 bits per heavy atom. The zero-order valence-electron chi connectivity index (χ0n) is 10.4. The molecule has 1 aromatic rings. The fourth-order valence-electron chi connectivity index (χ4n) is 2.96. The van der Waals surface area contributed by atoms with Gasteiger partial charge in [0.05, 0.1) is 12.4 Å². The van der Waals surface area contributed by atoms with Gasteiger partial charge in [0, 0.05) is 25.7 Å². The third-order valence-corrected chi connectivity index (χ3v) is 3.88. The maximum absolute atomic E-state index is 8.73. The minimum Gasteiger partial charge on any atom is -0.354 e. The number of hydrogen-bond donors (Lipinski definition) is 0. The van der Waals surface area contributed by atoms with Gasteiger partial charge in [-0.15, -0.1) is 0 Å². The summed E-state index contributed by atoms with van der Waals surface area (Å²) in [6.07, 6.45) is 7.08. The van der Waals surface area contributed by atoms with E-state index in [1.165, 1.54) is 32.4 Å². The molecule has 1 aromatic heterocycles. The molecular formula is C13H17N5. The highest BCUT2D eigenvalue weighted by atomic mass is 15.3. The smallest absolute Gasteiger partial charge is 0.158 e. The molecule has 0 radical (unpaired) electrons. The van der Waals surface area contributed by atoms with E-state index in [4.69, 9.17) is 5.26 Å². The summed E-state index contributed by atoms with van der Waals surface area (Å²) in [6.45, 7) is 4.52. The van der Waals surface area contributed by atoms with Crippen LogP contribution in [0.4, 0.5) is 5.82 Å². The van der Waals surface area contributed by atoms with Gasteiger partial charge in [0.15, 0.2) is 5.69 Å². The molecule has 3 heterocycles. The van der Waals surface area contributed by atoms with E-state index in [1.54, 1.807) is 12.4 Å². The summed E-state index contributed by atoms with van der Waals surface area (Å²) in [6, 6.07) is 2.68. The SMILES string of the molecule is N#Cc1cnc(N2CCCN3CCCC3C2)cn1. The summed E-state index contributed by atoms with van der Waals surface area (Å²) in [5.74, 6) is 0.905. The Morgan fingerprint density at radius 3 is 2.83 bits per heavy atom. The molecule has 5 heteroatoms. The second-order valence-electron chi connectivity index (χ2n) is 5.00. The Balaban J connectivity index is 1.76. The van der Waals surface area contributed by atoms with Crippen LogP contribution in [-0.2, 0) is 0 Å². The van der Waals surface area contributed by atoms with E-state index in [-0.39, 0.29) is 0 Å². The first-order valence-corrected chi connectivity index (χ1v) is 6.58. The van der Waals surface area contributed by atoms with Crippen LogP contribution in [0.3, 0.4) is 0 Å².